The van der Waals surface area contributed by atoms with Crippen molar-refractivity contribution in [2.24, 2.45) is 0 Å². The van der Waals surface area contributed by atoms with Gasteiger partial charge in [0.15, 0.2) is 0 Å². The maximum Gasteiger partial charge on any atom is 0.274 e. The number of hydrogen-bond donors (Lipinski definition) is 2. The molecule has 0 aliphatic carbocycles. The van der Waals surface area contributed by atoms with E-state index in [1.807, 2.05) is 12.1 Å². The molecule has 4 heteroatoms. The Morgan fingerprint density at radius 3 is 3.19 bits per heavy atom. The summed E-state index contributed by atoms with van der Waals surface area (Å²) in [5.74, 6) is -0.435. The molecule has 84 valence electrons. The fourth-order valence-electron chi connectivity index (χ4n) is 2.86. The summed E-state index contributed by atoms with van der Waals surface area (Å²) in [4.78, 5) is 13.7. The second-order valence-electron chi connectivity index (χ2n) is 4.48. The van der Waals surface area contributed by atoms with Gasteiger partial charge in [-0.05, 0) is 42.6 Å². The zero-order valence-electron chi connectivity index (χ0n) is 8.94. The Bertz CT molecular complexity index is 445. The van der Waals surface area contributed by atoms with Crippen molar-refractivity contribution in [2.75, 3.05) is 6.54 Å². The third-order valence-corrected chi connectivity index (χ3v) is 3.60. The van der Waals surface area contributed by atoms with Crippen LogP contribution in [0.25, 0.3) is 0 Å². The normalized spacial score (nSPS) is 22.9. The molecule has 1 saturated heterocycles. The van der Waals surface area contributed by atoms with E-state index in [1.54, 1.807) is 11.5 Å². The summed E-state index contributed by atoms with van der Waals surface area (Å²) in [6.07, 6.45) is 2.49. The fourth-order valence-corrected chi connectivity index (χ4v) is 2.86. The average Bonchev–Trinajstić information content (AvgIpc) is 2.86. The summed E-state index contributed by atoms with van der Waals surface area (Å²) in [6.45, 7) is 2.09. The van der Waals surface area contributed by atoms with Gasteiger partial charge in [0.1, 0.15) is 0 Å². The van der Waals surface area contributed by atoms with E-state index in [0.29, 0.717) is 11.6 Å². The Labute approximate surface area is 93.8 Å². The Balaban J connectivity index is 1.97. The van der Waals surface area contributed by atoms with E-state index in [0.717, 1.165) is 13.1 Å². The van der Waals surface area contributed by atoms with Crippen molar-refractivity contribution >= 4 is 5.91 Å². The van der Waals surface area contributed by atoms with Gasteiger partial charge in [-0.2, -0.15) is 0 Å². The minimum absolute atomic E-state index is 0.435. The van der Waals surface area contributed by atoms with Crippen LogP contribution in [0.3, 0.4) is 0 Å². The number of hydroxylamine groups is 1. The molecule has 3 rings (SSSR count). The zero-order valence-corrected chi connectivity index (χ0v) is 8.94. The van der Waals surface area contributed by atoms with E-state index in [1.165, 1.54) is 24.0 Å². The van der Waals surface area contributed by atoms with Gasteiger partial charge in [-0.3, -0.25) is 14.9 Å². The zero-order chi connectivity index (χ0) is 11.1. The first kappa shape index (κ1) is 9.81. The van der Waals surface area contributed by atoms with Crippen molar-refractivity contribution in [3.8, 4) is 0 Å². The number of nitrogens with zero attached hydrogens (tertiary/aromatic N) is 1. The molecule has 1 aromatic rings. The molecule has 1 atom stereocenters. The monoisotopic (exact) mass is 218 g/mol. The van der Waals surface area contributed by atoms with Gasteiger partial charge in [0, 0.05) is 18.2 Å². The molecule has 0 bridgehead atoms. The minimum atomic E-state index is -0.435. The molecule has 2 N–H and O–H groups in total. The van der Waals surface area contributed by atoms with Crippen molar-refractivity contribution in [2.45, 2.75) is 25.4 Å². The molecule has 1 aromatic carbocycles. The van der Waals surface area contributed by atoms with Gasteiger partial charge >= 0.3 is 0 Å². The molecule has 1 amide bonds. The number of fused-ring (bicyclic) bond motifs is 3. The highest BCUT2D eigenvalue weighted by Crippen LogP contribution is 2.41. The average molecular weight is 218 g/mol. The van der Waals surface area contributed by atoms with E-state index in [2.05, 4.69) is 4.90 Å². The van der Waals surface area contributed by atoms with Crippen LogP contribution < -0.4 is 5.48 Å². The van der Waals surface area contributed by atoms with Crippen molar-refractivity contribution in [1.82, 2.24) is 10.4 Å². The summed E-state index contributed by atoms with van der Waals surface area (Å²) < 4.78 is 0. The first-order valence-electron chi connectivity index (χ1n) is 5.61. The number of amides is 1. The number of carbonyl (C=O) groups excluding carboxylic acids is 1. The van der Waals surface area contributed by atoms with Crippen LogP contribution in [0.2, 0.25) is 0 Å². The van der Waals surface area contributed by atoms with Crippen LogP contribution in [0, 0.1) is 0 Å². The number of rotatable bonds is 1. The van der Waals surface area contributed by atoms with E-state index < -0.39 is 5.91 Å². The van der Waals surface area contributed by atoms with Gasteiger partial charge in [0.25, 0.3) is 5.91 Å². The third-order valence-electron chi connectivity index (χ3n) is 3.60. The second kappa shape index (κ2) is 3.57. The van der Waals surface area contributed by atoms with E-state index >= 15 is 0 Å². The lowest BCUT2D eigenvalue weighted by molar-refractivity contribution is 0.0706. The largest absolute Gasteiger partial charge is 0.292 e. The topological polar surface area (TPSA) is 52.6 Å². The maximum absolute atomic E-state index is 11.3. The SMILES string of the molecule is O=C(NO)c1ccc2c(c1)CN1CCC[C@H]21. The van der Waals surface area contributed by atoms with E-state index in [9.17, 15) is 4.79 Å². The molecule has 2 aliphatic heterocycles. The Morgan fingerprint density at radius 2 is 2.38 bits per heavy atom. The summed E-state index contributed by atoms with van der Waals surface area (Å²) >= 11 is 0. The van der Waals surface area contributed by atoms with Crippen molar-refractivity contribution < 1.29 is 10.0 Å². The van der Waals surface area contributed by atoms with Gasteiger partial charge < -0.3 is 0 Å². The maximum atomic E-state index is 11.3. The van der Waals surface area contributed by atoms with Gasteiger partial charge in [0.05, 0.1) is 0 Å². The molecular formula is C12H14N2O2. The molecule has 0 aromatic heterocycles. The fraction of sp³-hybridized carbons (Fsp3) is 0.417. The van der Waals surface area contributed by atoms with Crippen molar-refractivity contribution in [1.29, 1.82) is 0 Å². The van der Waals surface area contributed by atoms with Crippen LogP contribution in [0.1, 0.15) is 40.4 Å². The van der Waals surface area contributed by atoms with Crippen LogP contribution in [-0.2, 0) is 6.54 Å². The Morgan fingerprint density at radius 1 is 1.50 bits per heavy atom. The summed E-state index contributed by atoms with van der Waals surface area (Å²) in [7, 11) is 0. The lowest BCUT2D eigenvalue weighted by atomic mass is 10.00. The van der Waals surface area contributed by atoms with Crippen molar-refractivity contribution in [3.05, 3.63) is 34.9 Å². The van der Waals surface area contributed by atoms with Gasteiger partial charge in [-0.1, -0.05) is 6.07 Å². The first-order chi connectivity index (χ1) is 7.79. The van der Waals surface area contributed by atoms with Crippen LogP contribution in [0.15, 0.2) is 18.2 Å². The number of nitrogens with one attached hydrogen (secondary N) is 1. The summed E-state index contributed by atoms with van der Waals surface area (Å²) in [6, 6.07) is 6.25. The number of carbonyl (C=O) groups is 1. The quantitative estimate of drug-likeness (QED) is 0.554. The van der Waals surface area contributed by atoms with Gasteiger partial charge in [-0.15, -0.1) is 0 Å². The van der Waals surface area contributed by atoms with Crippen LogP contribution in [0.4, 0.5) is 0 Å². The molecule has 0 spiro atoms. The van der Waals surface area contributed by atoms with E-state index in [4.69, 9.17) is 5.21 Å². The summed E-state index contributed by atoms with van der Waals surface area (Å²) in [5.41, 5.74) is 4.78. The highest BCUT2D eigenvalue weighted by atomic mass is 16.5. The first-order valence-corrected chi connectivity index (χ1v) is 5.61. The molecule has 16 heavy (non-hydrogen) atoms. The predicted octanol–water partition coefficient (Wildman–Crippen LogP) is 1.46. The Hall–Kier alpha value is -1.39. The smallest absolute Gasteiger partial charge is 0.274 e. The molecule has 0 radical (unpaired) electrons. The van der Waals surface area contributed by atoms with Crippen LogP contribution >= 0.6 is 0 Å². The highest BCUT2D eigenvalue weighted by Gasteiger charge is 2.33. The lowest BCUT2D eigenvalue weighted by Gasteiger charge is -2.13. The van der Waals surface area contributed by atoms with Crippen LogP contribution in [-0.4, -0.2) is 22.6 Å². The Kier molecular flexibility index (Phi) is 2.19. The minimum Gasteiger partial charge on any atom is -0.292 e. The van der Waals surface area contributed by atoms with Crippen LogP contribution in [0.5, 0.6) is 0 Å². The van der Waals surface area contributed by atoms with Gasteiger partial charge in [-0.25, -0.2) is 5.48 Å². The lowest BCUT2D eigenvalue weighted by Crippen LogP contribution is -2.18. The molecule has 4 nitrogen and oxygen atoms in total. The molecule has 0 unspecified atom stereocenters. The predicted molar refractivity (Wildman–Crippen MR) is 58.1 cm³/mol. The third kappa shape index (κ3) is 1.34. The molecule has 2 heterocycles. The summed E-state index contributed by atoms with van der Waals surface area (Å²) in [5, 5.41) is 8.59. The molecule has 1 fully saturated rings. The molecular weight excluding hydrogens is 204 g/mol. The van der Waals surface area contributed by atoms with Gasteiger partial charge in [0.2, 0.25) is 0 Å². The molecule has 2 aliphatic rings. The molecule has 0 saturated carbocycles. The van der Waals surface area contributed by atoms with E-state index in [-0.39, 0.29) is 0 Å². The highest BCUT2D eigenvalue weighted by molar-refractivity contribution is 5.93. The number of hydrogen-bond acceptors (Lipinski definition) is 3. The standard InChI is InChI=1S/C12H14N2O2/c15-12(13-16)8-3-4-10-9(6-8)7-14-5-1-2-11(10)14/h3-4,6,11,16H,1-2,5,7H2,(H,13,15)/t11-/m1/s1. The number of benzene rings is 1. The van der Waals surface area contributed by atoms with Crippen molar-refractivity contribution in [3.63, 3.8) is 0 Å². The second-order valence-corrected chi connectivity index (χ2v) is 4.48.